The minimum Gasteiger partial charge on any atom is -0.495 e. The first kappa shape index (κ1) is 18.8. The summed E-state index contributed by atoms with van der Waals surface area (Å²) in [6, 6.07) is 7.39. The van der Waals surface area contributed by atoms with Crippen LogP contribution in [-0.4, -0.2) is 43.3 Å². The van der Waals surface area contributed by atoms with Crippen molar-refractivity contribution in [1.82, 2.24) is 4.98 Å². The zero-order valence-corrected chi connectivity index (χ0v) is 16.3. The molecule has 1 aliphatic rings. The maximum Gasteiger partial charge on any atom is 0.231 e. The van der Waals surface area contributed by atoms with Gasteiger partial charge in [-0.3, -0.25) is 4.79 Å². The van der Waals surface area contributed by atoms with E-state index in [1.807, 2.05) is 24.3 Å². The van der Waals surface area contributed by atoms with Gasteiger partial charge >= 0.3 is 0 Å². The number of anilines is 1. The molecule has 7 heteroatoms. The molecule has 6 nitrogen and oxygen atoms in total. The number of carbonyl (C=O) groups excluding carboxylic acids is 1. The summed E-state index contributed by atoms with van der Waals surface area (Å²) in [5.74, 6) is 0.566. The molecule has 1 fully saturated rings. The van der Waals surface area contributed by atoms with E-state index in [-0.39, 0.29) is 24.5 Å². The van der Waals surface area contributed by atoms with Crippen molar-refractivity contribution >= 4 is 22.9 Å². The van der Waals surface area contributed by atoms with Gasteiger partial charge in [0.1, 0.15) is 48.3 Å². The first-order valence-electron chi connectivity index (χ1n) is 8.88. The molecule has 1 aliphatic heterocycles. The Kier molecular flexibility index (Phi) is 6.24. The second-order valence-electron chi connectivity index (χ2n) is 6.75. The number of ether oxygens (including phenoxy) is 2. The molecule has 0 aliphatic carbocycles. The second kappa shape index (κ2) is 8.62. The number of quaternary nitrogens is 1. The first-order valence-corrected chi connectivity index (χ1v) is 9.76. The third-order valence-electron chi connectivity index (χ3n) is 4.34. The van der Waals surface area contributed by atoms with Crippen LogP contribution in [0.15, 0.2) is 29.6 Å². The number of methoxy groups -OCH3 is 1. The van der Waals surface area contributed by atoms with E-state index >= 15 is 0 Å². The van der Waals surface area contributed by atoms with Crippen LogP contribution in [0.5, 0.6) is 5.75 Å². The molecule has 0 bridgehead atoms. The normalized spacial score (nSPS) is 22.8. The van der Waals surface area contributed by atoms with Crippen molar-refractivity contribution in [3.05, 3.63) is 40.3 Å². The number of morpholine rings is 1. The average Bonchev–Trinajstić information content (AvgIpc) is 3.01. The van der Waals surface area contributed by atoms with Crippen molar-refractivity contribution in [3.8, 4) is 5.75 Å². The molecule has 1 amide bonds. The lowest BCUT2D eigenvalue weighted by molar-refractivity contribution is -0.928. The van der Waals surface area contributed by atoms with Crippen molar-refractivity contribution in [2.24, 2.45) is 0 Å². The van der Waals surface area contributed by atoms with E-state index in [1.54, 1.807) is 18.4 Å². The highest BCUT2D eigenvalue weighted by atomic mass is 32.1. The van der Waals surface area contributed by atoms with E-state index in [0.29, 0.717) is 11.4 Å². The Morgan fingerprint density at radius 3 is 2.81 bits per heavy atom. The minimum absolute atomic E-state index is 0.0867. The molecule has 1 aromatic carbocycles. The summed E-state index contributed by atoms with van der Waals surface area (Å²) in [5.41, 5.74) is 1.73. The number of rotatable bonds is 6. The lowest BCUT2D eigenvalue weighted by Gasteiger charge is -2.31. The topological polar surface area (TPSA) is 64.9 Å². The van der Waals surface area contributed by atoms with Crippen molar-refractivity contribution in [2.45, 2.75) is 39.0 Å². The average molecular weight is 377 g/mol. The third kappa shape index (κ3) is 5.03. The van der Waals surface area contributed by atoms with E-state index in [1.165, 1.54) is 4.90 Å². The number of benzene rings is 1. The summed E-state index contributed by atoms with van der Waals surface area (Å²) < 4.78 is 11.0. The Morgan fingerprint density at radius 2 is 2.08 bits per heavy atom. The van der Waals surface area contributed by atoms with Crippen LogP contribution < -0.4 is 15.0 Å². The minimum atomic E-state index is -0.0867. The van der Waals surface area contributed by atoms with Crippen LogP contribution >= 0.6 is 11.3 Å². The van der Waals surface area contributed by atoms with Crippen molar-refractivity contribution in [2.75, 3.05) is 25.5 Å². The van der Waals surface area contributed by atoms with Gasteiger partial charge in [-0.1, -0.05) is 12.1 Å². The number of carbonyl (C=O) groups is 1. The molecule has 2 heterocycles. The van der Waals surface area contributed by atoms with E-state index in [2.05, 4.69) is 29.5 Å². The second-order valence-corrected chi connectivity index (χ2v) is 7.69. The molecule has 2 N–H and O–H groups in total. The number of thiazole rings is 1. The van der Waals surface area contributed by atoms with Crippen LogP contribution in [-0.2, 0) is 22.5 Å². The Morgan fingerprint density at radius 1 is 1.35 bits per heavy atom. The molecule has 1 saturated heterocycles. The van der Waals surface area contributed by atoms with Crippen LogP contribution in [0.25, 0.3) is 0 Å². The molecule has 1 aromatic heterocycles. The van der Waals surface area contributed by atoms with Crippen LogP contribution in [0, 0.1) is 0 Å². The number of amides is 1. The number of hydrogen-bond acceptors (Lipinski definition) is 5. The third-order valence-corrected chi connectivity index (χ3v) is 5.24. The SMILES string of the molecule is COc1ccccc1NC(=O)Cc1nc(C[NH+]2C[C@@H](C)O[C@@H](C)C2)cs1. The zero-order chi connectivity index (χ0) is 18.5. The zero-order valence-electron chi connectivity index (χ0n) is 15.5. The summed E-state index contributed by atoms with van der Waals surface area (Å²) in [4.78, 5) is 18.4. The van der Waals surface area contributed by atoms with Crippen LogP contribution in [0.2, 0.25) is 0 Å². The van der Waals surface area contributed by atoms with Gasteiger partial charge < -0.3 is 19.7 Å². The number of para-hydroxylation sites is 2. The molecular formula is C19H26N3O3S+. The van der Waals surface area contributed by atoms with Gasteiger partial charge in [-0.2, -0.15) is 0 Å². The van der Waals surface area contributed by atoms with Crippen molar-refractivity contribution in [3.63, 3.8) is 0 Å². The highest BCUT2D eigenvalue weighted by molar-refractivity contribution is 7.09. The highest BCUT2D eigenvalue weighted by Crippen LogP contribution is 2.23. The molecule has 26 heavy (non-hydrogen) atoms. The monoisotopic (exact) mass is 376 g/mol. The lowest BCUT2D eigenvalue weighted by Crippen LogP contribution is -3.14. The summed E-state index contributed by atoms with van der Waals surface area (Å²) in [6.07, 6.45) is 0.825. The van der Waals surface area contributed by atoms with Crippen molar-refractivity contribution < 1.29 is 19.2 Å². The summed E-state index contributed by atoms with van der Waals surface area (Å²) in [7, 11) is 1.59. The van der Waals surface area contributed by atoms with E-state index in [4.69, 9.17) is 9.47 Å². The maximum atomic E-state index is 12.3. The lowest BCUT2D eigenvalue weighted by atomic mass is 10.2. The highest BCUT2D eigenvalue weighted by Gasteiger charge is 2.26. The Hall–Kier alpha value is -1.96. The van der Waals surface area contributed by atoms with Crippen LogP contribution in [0.3, 0.4) is 0 Å². The molecule has 140 valence electrons. The standard InChI is InChI=1S/C19H25N3O3S/c1-13-9-22(10-14(2)25-13)11-15-12-26-19(20-15)8-18(23)21-16-6-4-5-7-17(16)24-3/h4-7,12-14H,8-11H2,1-3H3,(H,21,23)/p+1/t13-,14+. The van der Waals surface area contributed by atoms with Crippen LogP contribution in [0.1, 0.15) is 24.5 Å². The van der Waals surface area contributed by atoms with Crippen molar-refractivity contribution in [1.29, 1.82) is 0 Å². The Labute approximate surface area is 158 Å². The van der Waals surface area contributed by atoms with Gasteiger partial charge in [0.15, 0.2) is 0 Å². The molecule has 3 atom stereocenters. The Bertz CT molecular complexity index is 739. The number of hydrogen-bond donors (Lipinski definition) is 2. The van der Waals surface area contributed by atoms with Gasteiger partial charge in [0.05, 0.1) is 19.2 Å². The summed E-state index contributed by atoms with van der Waals surface area (Å²) in [5, 5.41) is 5.79. The number of aromatic nitrogens is 1. The molecule has 0 saturated carbocycles. The van der Waals surface area contributed by atoms with Gasteiger partial charge in [-0.25, -0.2) is 4.98 Å². The van der Waals surface area contributed by atoms with E-state index < -0.39 is 0 Å². The van der Waals surface area contributed by atoms with Gasteiger partial charge in [0.25, 0.3) is 0 Å². The number of nitrogens with one attached hydrogen (secondary N) is 2. The predicted molar refractivity (Wildman–Crippen MR) is 102 cm³/mol. The smallest absolute Gasteiger partial charge is 0.231 e. The van der Waals surface area contributed by atoms with Gasteiger partial charge in [0, 0.05) is 5.38 Å². The summed E-state index contributed by atoms with van der Waals surface area (Å²) >= 11 is 1.54. The molecule has 3 rings (SSSR count). The van der Waals surface area contributed by atoms with Gasteiger partial charge in [-0.05, 0) is 26.0 Å². The molecule has 0 spiro atoms. The predicted octanol–water partition coefficient (Wildman–Crippen LogP) is 1.52. The quantitative estimate of drug-likeness (QED) is 0.802. The van der Waals surface area contributed by atoms with Gasteiger partial charge in [0.2, 0.25) is 5.91 Å². The van der Waals surface area contributed by atoms with Gasteiger partial charge in [-0.15, -0.1) is 11.3 Å². The maximum absolute atomic E-state index is 12.3. The molecular weight excluding hydrogens is 350 g/mol. The van der Waals surface area contributed by atoms with Crippen LogP contribution in [0.4, 0.5) is 5.69 Å². The molecule has 2 aromatic rings. The fourth-order valence-corrected chi connectivity index (χ4v) is 4.17. The molecule has 1 unspecified atom stereocenters. The molecule has 0 radical (unpaired) electrons. The Balaban J connectivity index is 1.55. The fourth-order valence-electron chi connectivity index (χ4n) is 3.38. The van der Waals surface area contributed by atoms with E-state index in [0.717, 1.165) is 30.3 Å². The fraction of sp³-hybridized carbons (Fsp3) is 0.474. The summed E-state index contributed by atoms with van der Waals surface area (Å²) in [6.45, 7) is 7.09. The largest absolute Gasteiger partial charge is 0.495 e. The van der Waals surface area contributed by atoms with E-state index in [9.17, 15) is 4.79 Å². The first-order chi connectivity index (χ1) is 12.5. The number of nitrogens with zero attached hydrogens (tertiary/aromatic N) is 1.